The van der Waals surface area contributed by atoms with Crippen LogP contribution in [0.15, 0.2) is 23.2 Å². The molecule has 0 radical (unpaired) electrons. The monoisotopic (exact) mass is 308 g/mol. The van der Waals surface area contributed by atoms with E-state index in [1.165, 1.54) is 12.8 Å². The Morgan fingerprint density at radius 3 is 2.68 bits per heavy atom. The lowest BCUT2D eigenvalue weighted by molar-refractivity contribution is 0.337. The molecule has 0 aliphatic heterocycles. The molecule has 0 bridgehead atoms. The Bertz CT molecular complexity index is 477. The van der Waals surface area contributed by atoms with Crippen molar-refractivity contribution in [3.8, 4) is 11.5 Å². The Labute approximate surface area is 133 Å². The van der Waals surface area contributed by atoms with E-state index in [0.717, 1.165) is 24.5 Å². The largest absolute Gasteiger partial charge is 0.497 e. The number of hydrogen-bond acceptors (Lipinski definition) is 4. The second-order valence-electron chi connectivity index (χ2n) is 5.12. The minimum Gasteiger partial charge on any atom is -0.497 e. The normalized spacial score (nSPS) is 11.6. The first-order chi connectivity index (χ1) is 10.6. The van der Waals surface area contributed by atoms with E-state index in [0.29, 0.717) is 18.3 Å². The van der Waals surface area contributed by atoms with E-state index in [1.807, 2.05) is 18.2 Å². The summed E-state index contributed by atoms with van der Waals surface area (Å²) in [4.78, 5) is 6.60. The number of guanidine groups is 1. The summed E-state index contributed by atoms with van der Waals surface area (Å²) in [6, 6.07) is 5.49. The van der Waals surface area contributed by atoms with E-state index < -0.39 is 0 Å². The number of hydrogen-bond donors (Lipinski definition) is 2. The SMILES string of the molecule is CCCCN(C)CCN=C(N)Nc1cc(OC)ccc1OC. The van der Waals surface area contributed by atoms with Crippen molar-refractivity contribution in [2.75, 3.05) is 46.2 Å². The van der Waals surface area contributed by atoms with Crippen molar-refractivity contribution in [3.05, 3.63) is 18.2 Å². The van der Waals surface area contributed by atoms with Gasteiger partial charge in [-0.25, -0.2) is 0 Å². The molecule has 6 nitrogen and oxygen atoms in total. The molecule has 0 spiro atoms. The zero-order valence-electron chi connectivity index (χ0n) is 14.1. The molecule has 0 unspecified atom stereocenters. The minimum atomic E-state index is 0.371. The third kappa shape index (κ3) is 6.22. The van der Waals surface area contributed by atoms with Crippen LogP contribution in [0.1, 0.15) is 19.8 Å². The molecule has 3 N–H and O–H groups in total. The summed E-state index contributed by atoms with van der Waals surface area (Å²) in [5, 5.41) is 3.06. The summed E-state index contributed by atoms with van der Waals surface area (Å²) in [6.45, 7) is 4.82. The van der Waals surface area contributed by atoms with Crippen LogP contribution in [0, 0.1) is 0 Å². The lowest BCUT2D eigenvalue weighted by atomic mass is 10.2. The zero-order chi connectivity index (χ0) is 16.4. The van der Waals surface area contributed by atoms with Crippen molar-refractivity contribution in [1.29, 1.82) is 0 Å². The molecule has 0 atom stereocenters. The Kier molecular flexibility index (Phi) is 8.14. The molecule has 0 aromatic heterocycles. The molecular formula is C16H28N4O2. The van der Waals surface area contributed by atoms with Gasteiger partial charge in [0.1, 0.15) is 11.5 Å². The Hall–Kier alpha value is -1.95. The third-order valence-corrected chi connectivity index (χ3v) is 3.33. The number of methoxy groups -OCH3 is 2. The highest BCUT2D eigenvalue weighted by Gasteiger charge is 2.06. The zero-order valence-corrected chi connectivity index (χ0v) is 14.1. The summed E-state index contributed by atoms with van der Waals surface area (Å²) in [5.74, 6) is 1.80. The lowest BCUT2D eigenvalue weighted by Gasteiger charge is -2.15. The van der Waals surface area contributed by atoms with E-state index >= 15 is 0 Å². The van der Waals surface area contributed by atoms with E-state index in [2.05, 4.69) is 29.2 Å². The number of aliphatic imine (C=N–C) groups is 1. The van der Waals surface area contributed by atoms with Gasteiger partial charge in [0.25, 0.3) is 0 Å². The fourth-order valence-electron chi connectivity index (χ4n) is 1.97. The molecule has 22 heavy (non-hydrogen) atoms. The summed E-state index contributed by atoms with van der Waals surface area (Å²) >= 11 is 0. The van der Waals surface area contributed by atoms with Crippen LogP contribution in [0.25, 0.3) is 0 Å². The number of nitrogens with one attached hydrogen (secondary N) is 1. The Morgan fingerprint density at radius 2 is 2.05 bits per heavy atom. The van der Waals surface area contributed by atoms with E-state index in [1.54, 1.807) is 14.2 Å². The standard InChI is InChI=1S/C16H28N4O2/c1-5-6-10-20(2)11-9-18-16(17)19-14-12-13(21-3)7-8-15(14)22-4/h7-8,12H,5-6,9-11H2,1-4H3,(H3,17,18,19). The molecule has 0 aliphatic carbocycles. The first-order valence-electron chi connectivity index (χ1n) is 7.58. The molecule has 0 aliphatic rings. The van der Waals surface area contributed by atoms with Crippen LogP contribution in [-0.2, 0) is 0 Å². The summed E-state index contributed by atoms with van der Waals surface area (Å²) in [6.07, 6.45) is 2.40. The van der Waals surface area contributed by atoms with Crippen LogP contribution in [0.4, 0.5) is 5.69 Å². The molecule has 0 saturated carbocycles. The second-order valence-corrected chi connectivity index (χ2v) is 5.12. The molecule has 124 valence electrons. The maximum atomic E-state index is 5.93. The highest BCUT2D eigenvalue weighted by molar-refractivity contribution is 5.94. The highest BCUT2D eigenvalue weighted by atomic mass is 16.5. The van der Waals surface area contributed by atoms with Crippen LogP contribution in [0.3, 0.4) is 0 Å². The van der Waals surface area contributed by atoms with Gasteiger partial charge in [0.05, 0.1) is 26.5 Å². The number of anilines is 1. The predicted octanol–water partition coefficient (Wildman–Crippen LogP) is 2.16. The van der Waals surface area contributed by atoms with E-state index in [9.17, 15) is 0 Å². The van der Waals surface area contributed by atoms with E-state index in [-0.39, 0.29) is 0 Å². The fraction of sp³-hybridized carbons (Fsp3) is 0.562. The van der Waals surface area contributed by atoms with Crippen molar-refractivity contribution >= 4 is 11.6 Å². The number of nitrogens with two attached hydrogens (primary N) is 1. The number of rotatable bonds is 9. The summed E-state index contributed by atoms with van der Waals surface area (Å²) in [5.41, 5.74) is 6.67. The molecule has 0 heterocycles. The van der Waals surface area contributed by atoms with Crippen molar-refractivity contribution in [1.82, 2.24) is 4.90 Å². The van der Waals surface area contributed by atoms with Crippen LogP contribution in [0.5, 0.6) is 11.5 Å². The van der Waals surface area contributed by atoms with Gasteiger partial charge < -0.3 is 25.4 Å². The Morgan fingerprint density at radius 1 is 1.27 bits per heavy atom. The quantitative estimate of drug-likeness (QED) is 0.540. The van der Waals surface area contributed by atoms with Gasteiger partial charge in [-0.05, 0) is 32.1 Å². The van der Waals surface area contributed by atoms with Crippen LogP contribution in [-0.4, -0.2) is 51.8 Å². The molecule has 1 aromatic carbocycles. The van der Waals surface area contributed by atoms with Crippen LogP contribution in [0.2, 0.25) is 0 Å². The number of nitrogens with zero attached hydrogens (tertiary/aromatic N) is 2. The first-order valence-corrected chi connectivity index (χ1v) is 7.58. The number of ether oxygens (including phenoxy) is 2. The summed E-state index contributed by atoms with van der Waals surface area (Å²) < 4.78 is 10.5. The molecule has 0 saturated heterocycles. The van der Waals surface area contributed by atoms with E-state index in [4.69, 9.17) is 15.2 Å². The van der Waals surface area contributed by atoms with Gasteiger partial charge in [-0.1, -0.05) is 13.3 Å². The molecule has 0 fully saturated rings. The van der Waals surface area contributed by atoms with Gasteiger partial charge in [-0.2, -0.15) is 0 Å². The number of benzene rings is 1. The molecule has 0 amide bonds. The lowest BCUT2D eigenvalue weighted by Crippen LogP contribution is -2.27. The van der Waals surface area contributed by atoms with Gasteiger partial charge in [-0.15, -0.1) is 0 Å². The number of unbranched alkanes of at least 4 members (excludes halogenated alkanes) is 1. The van der Waals surface area contributed by atoms with Crippen molar-refractivity contribution < 1.29 is 9.47 Å². The van der Waals surface area contributed by atoms with Crippen molar-refractivity contribution in [2.24, 2.45) is 10.7 Å². The van der Waals surface area contributed by atoms with Gasteiger partial charge in [0, 0.05) is 12.6 Å². The fourth-order valence-corrected chi connectivity index (χ4v) is 1.97. The predicted molar refractivity (Wildman–Crippen MR) is 92.1 cm³/mol. The maximum Gasteiger partial charge on any atom is 0.193 e. The highest BCUT2D eigenvalue weighted by Crippen LogP contribution is 2.28. The van der Waals surface area contributed by atoms with Gasteiger partial charge >= 0.3 is 0 Å². The second kappa shape index (κ2) is 9.89. The molecule has 1 rings (SSSR count). The number of likely N-dealkylation sites (N-methyl/N-ethyl adjacent to an activating group) is 1. The Balaban J connectivity index is 2.56. The average Bonchev–Trinajstić information content (AvgIpc) is 2.52. The van der Waals surface area contributed by atoms with Crippen LogP contribution < -0.4 is 20.5 Å². The smallest absolute Gasteiger partial charge is 0.193 e. The maximum absolute atomic E-state index is 5.93. The van der Waals surface area contributed by atoms with Crippen molar-refractivity contribution in [2.45, 2.75) is 19.8 Å². The molecule has 6 heteroatoms. The van der Waals surface area contributed by atoms with Gasteiger partial charge in [0.2, 0.25) is 0 Å². The third-order valence-electron chi connectivity index (χ3n) is 3.33. The minimum absolute atomic E-state index is 0.371. The first kappa shape index (κ1) is 18.1. The van der Waals surface area contributed by atoms with Crippen LogP contribution >= 0.6 is 0 Å². The van der Waals surface area contributed by atoms with Gasteiger partial charge in [0.15, 0.2) is 5.96 Å². The summed E-state index contributed by atoms with van der Waals surface area (Å²) in [7, 11) is 5.33. The van der Waals surface area contributed by atoms with Gasteiger partial charge in [-0.3, -0.25) is 4.99 Å². The topological polar surface area (TPSA) is 72.1 Å². The van der Waals surface area contributed by atoms with Crippen molar-refractivity contribution in [3.63, 3.8) is 0 Å². The molecular weight excluding hydrogens is 280 g/mol. The molecule has 1 aromatic rings. The average molecular weight is 308 g/mol.